The molecular formula is C12H14N2S. The molecule has 0 saturated carbocycles. The summed E-state index contributed by atoms with van der Waals surface area (Å²) in [6.45, 7) is 2.99. The summed E-state index contributed by atoms with van der Waals surface area (Å²) in [4.78, 5) is 6.88. The van der Waals surface area contributed by atoms with Crippen LogP contribution in [-0.4, -0.2) is 12.0 Å². The fourth-order valence-electron chi connectivity index (χ4n) is 1.51. The van der Waals surface area contributed by atoms with Gasteiger partial charge in [0.15, 0.2) is 0 Å². The summed E-state index contributed by atoms with van der Waals surface area (Å²) in [6.07, 6.45) is 3.82. The van der Waals surface area contributed by atoms with Crippen molar-refractivity contribution in [3.63, 3.8) is 0 Å². The summed E-state index contributed by atoms with van der Waals surface area (Å²) >= 11 is 1.81. The maximum atomic E-state index is 4.26. The van der Waals surface area contributed by atoms with Gasteiger partial charge in [-0.1, -0.05) is 0 Å². The Kier molecular flexibility index (Phi) is 3.14. The van der Waals surface area contributed by atoms with Gasteiger partial charge in [-0.05, 0) is 37.7 Å². The largest absolute Gasteiger partial charge is 0.316 e. The topological polar surface area (TPSA) is 24.9 Å². The van der Waals surface area contributed by atoms with Crippen molar-refractivity contribution in [2.75, 3.05) is 7.05 Å². The van der Waals surface area contributed by atoms with Gasteiger partial charge >= 0.3 is 0 Å². The minimum Gasteiger partial charge on any atom is -0.316 e. The number of aromatic nitrogens is 1. The maximum absolute atomic E-state index is 4.26. The highest BCUT2D eigenvalue weighted by Gasteiger charge is 2.01. The molecule has 0 atom stereocenters. The van der Waals surface area contributed by atoms with Gasteiger partial charge in [0.05, 0.1) is 0 Å². The van der Waals surface area contributed by atoms with Crippen LogP contribution in [0.3, 0.4) is 0 Å². The number of pyridine rings is 1. The highest BCUT2D eigenvalue weighted by molar-refractivity contribution is 7.15. The van der Waals surface area contributed by atoms with Crippen LogP contribution in [0.25, 0.3) is 10.4 Å². The van der Waals surface area contributed by atoms with Crippen LogP contribution in [-0.2, 0) is 6.54 Å². The molecule has 2 aromatic rings. The third kappa shape index (κ3) is 2.43. The second-order valence-electron chi connectivity index (χ2n) is 3.52. The van der Waals surface area contributed by atoms with E-state index in [1.54, 1.807) is 0 Å². The number of nitrogens with one attached hydrogen (secondary N) is 1. The lowest BCUT2D eigenvalue weighted by atomic mass is 10.2. The lowest BCUT2D eigenvalue weighted by Gasteiger charge is -2.01. The zero-order chi connectivity index (χ0) is 10.7. The van der Waals surface area contributed by atoms with Crippen molar-refractivity contribution in [2.24, 2.45) is 0 Å². The molecule has 0 aliphatic heterocycles. The van der Waals surface area contributed by atoms with Gasteiger partial charge in [-0.3, -0.25) is 4.98 Å². The van der Waals surface area contributed by atoms with E-state index in [0.29, 0.717) is 0 Å². The van der Waals surface area contributed by atoms with Gasteiger partial charge in [-0.2, -0.15) is 0 Å². The molecule has 0 amide bonds. The lowest BCUT2D eigenvalue weighted by molar-refractivity contribution is 0.814. The number of nitrogens with zero attached hydrogens (tertiary/aromatic N) is 1. The normalized spacial score (nSPS) is 10.5. The lowest BCUT2D eigenvalue weighted by Crippen LogP contribution is -2.05. The predicted molar refractivity (Wildman–Crippen MR) is 65.1 cm³/mol. The molecule has 0 fully saturated rings. The Labute approximate surface area is 94.0 Å². The average Bonchev–Trinajstić information content (AvgIpc) is 2.66. The molecule has 1 N–H and O–H groups in total. The van der Waals surface area contributed by atoms with Crippen LogP contribution in [0.5, 0.6) is 0 Å². The third-order valence-corrected chi connectivity index (χ3v) is 3.25. The van der Waals surface area contributed by atoms with E-state index in [2.05, 4.69) is 35.4 Å². The molecule has 0 aliphatic carbocycles. The van der Waals surface area contributed by atoms with Crippen LogP contribution < -0.4 is 5.32 Å². The Bertz CT molecular complexity index is 448. The first-order valence-corrected chi connectivity index (χ1v) is 5.76. The Morgan fingerprint density at radius 1 is 1.33 bits per heavy atom. The Morgan fingerprint density at radius 2 is 2.20 bits per heavy atom. The van der Waals surface area contributed by atoms with E-state index < -0.39 is 0 Å². The van der Waals surface area contributed by atoms with Crippen molar-refractivity contribution in [1.29, 1.82) is 0 Å². The van der Waals surface area contributed by atoms with Gasteiger partial charge in [0.25, 0.3) is 0 Å². The van der Waals surface area contributed by atoms with E-state index in [1.807, 2.05) is 30.8 Å². The van der Waals surface area contributed by atoms with Gasteiger partial charge < -0.3 is 5.32 Å². The molecule has 0 unspecified atom stereocenters. The summed E-state index contributed by atoms with van der Waals surface area (Å²) in [5.74, 6) is 0. The number of aryl methyl sites for hydroxylation is 1. The maximum Gasteiger partial charge on any atom is 0.0361 e. The van der Waals surface area contributed by atoms with Crippen molar-refractivity contribution in [3.05, 3.63) is 41.0 Å². The molecule has 2 heterocycles. The SMILES string of the molecule is CNCc1cncc(-c2ccc(C)s2)c1. The predicted octanol–water partition coefficient (Wildman–Crippen LogP) is 2.84. The molecule has 78 valence electrons. The zero-order valence-corrected chi connectivity index (χ0v) is 9.77. The minimum absolute atomic E-state index is 0.866. The van der Waals surface area contributed by atoms with Gasteiger partial charge in [0.1, 0.15) is 0 Å². The summed E-state index contributed by atoms with van der Waals surface area (Å²) in [5, 5.41) is 3.13. The second-order valence-corrected chi connectivity index (χ2v) is 4.81. The van der Waals surface area contributed by atoms with E-state index in [4.69, 9.17) is 0 Å². The monoisotopic (exact) mass is 218 g/mol. The molecule has 2 aromatic heterocycles. The molecule has 0 saturated heterocycles. The van der Waals surface area contributed by atoms with Crippen LogP contribution in [0.1, 0.15) is 10.4 Å². The van der Waals surface area contributed by atoms with Crippen molar-refractivity contribution in [1.82, 2.24) is 10.3 Å². The van der Waals surface area contributed by atoms with E-state index in [-0.39, 0.29) is 0 Å². The van der Waals surface area contributed by atoms with E-state index in [1.165, 1.54) is 20.9 Å². The first-order valence-electron chi connectivity index (χ1n) is 4.95. The number of thiophene rings is 1. The Hall–Kier alpha value is -1.19. The van der Waals surface area contributed by atoms with Gasteiger partial charge in [-0.25, -0.2) is 0 Å². The van der Waals surface area contributed by atoms with Crippen molar-refractivity contribution in [2.45, 2.75) is 13.5 Å². The van der Waals surface area contributed by atoms with Crippen molar-refractivity contribution >= 4 is 11.3 Å². The molecule has 0 aromatic carbocycles. The minimum atomic E-state index is 0.866. The molecule has 0 bridgehead atoms. The van der Waals surface area contributed by atoms with Crippen LogP contribution in [0, 0.1) is 6.92 Å². The summed E-state index contributed by atoms with van der Waals surface area (Å²) in [7, 11) is 1.95. The zero-order valence-electron chi connectivity index (χ0n) is 8.95. The number of rotatable bonds is 3. The van der Waals surface area contributed by atoms with Gasteiger partial charge in [0.2, 0.25) is 0 Å². The molecule has 15 heavy (non-hydrogen) atoms. The Balaban J connectivity index is 2.32. The van der Waals surface area contributed by atoms with Crippen LogP contribution in [0.2, 0.25) is 0 Å². The highest BCUT2D eigenvalue weighted by Crippen LogP contribution is 2.27. The molecule has 2 rings (SSSR count). The molecule has 0 spiro atoms. The highest BCUT2D eigenvalue weighted by atomic mass is 32.1. The molecular weight excluding hydrogens is 204 g/mol. The van der Waals surface area contributed by atoms with E-state index >= 15 is 0 Å². The van der Waals surface area contributed by atoms with Crippen LogP contribution >= 0.6 is 11.3 Å². The molecule has 0 radical (unpaired) electrons. The fourth-order valence-corrected chi connectivity index (χ4v) is 2.36. The van der Waals surface area contributed by atoms with Crippen LogP contribution in [0.4, 0.5) is 0 Å². The third-order valence-electron chi connectivity index (χ3n) is 2.20. The van der Waals surface area contributed by atoms with E-state index in [9.17, 15) is 0 Å². The fraction of sp³-hybridized carbons (Fsp3) is 0.250. The second kappa shape index (κ2) is 4.55. The first-order chi connectivity index (χ1) is 7.29. The van der Waals surface area contributed by atoms with E-state index in [0.717, 1.165) is 6.54 Å². The Morgan fingerprint density at radius 3 is 2.87 bits per heavy atom. The van der Waals surface area contributed by atoms with Crippen LogP contribution in [0.15, 0.2) is 30.6 Å². The van der Waals surface area contributed by atoms with Gasteiger partial charge in [0, 0.05) is 34.3 Å². The number of hydrogen-bond donors (Lipinski definition) is 1. The molecule has 2 nitrogen and oxygen atoms in total. The smallest absolute Gasteiger partial charge is 0.0361 e. The summed E-state index contributed by atoms with van der Waals surface area (Å²) < 4.78 is 0. The van der Waals surface area contributed by atoms with Gasteiger partial charge in [-0.15, -0.1) is 11.3 Å². The quantitative estimate of drug-likeness (QED) is 0.857. The number of hydrogen-bond acceptors (Lipinski definition) is 3. The summed E-state index contributed by atoms with van der Waals surface area (Å²) in [5.41, 5.74) is 2.43. The summed E-state index contributed by atoms with van der Waals surface area (Å²) in [6, 6.07) is 6.49. The standard InChI is InChI=1S/C12H14N2S/c1-9-3-4-12(15-9)11-5-10(6-13-2)7-14-8-11/h3-5,7-8,13H,6H2,1-2H3. The van der Waals surface area contributed by atoms with Crippen molar-refractivity contribution in [3.8, 4) is 10.4 Å². The van der Waals surface area contributed by atoms with Crippen molar-refractivity contribution < 1.29 is 0 Å². The molecule has 3 heteroatoms. The molecule has 0 aliphatic rings. The average molecular weight is 218 g/mol. The first kappa shape index (κ1) is 10.3.